The summed E-state index contributed by atoms with van der Waals surface area (Å²) >= 11 is 1.32. The summed E-state index contributed by atoms with van der Waals surface area (Å²) in [7, 11) is 0. The number of aromatic nitrogens is 2. The lowest BCUT2D eigenvalue weighted by molar-refractivity contribution is 0.0491. The molecular weight excluding hydrogens is 326 g/mol. The van der Waals surface area contributed by atoms with E-state index >= 15 is 0 Å². The summed E-state index contributed by atoms with van der Waals surface area (Å²) in [6.07, 6.45) is 5.42. The van der Waals surface area contributed by atoms with Crippen molar-refractivity contribution >= 4 is 27.6 Å². The van der Waals surface area contributed by atoms with Crippen molar-refractivity contribution in [1.29, 1.82) is 0 Å². The molecule has 1 aliphatic heterocycles. The van der Waals surface area contributed by atoms with Gasteiger partial charge in [0.1, 0.15) is 16.1 Å². The van der Waals surface area contributed by atoms with Crippen LogP contribution in [0.15, 0.2) is 41.1 Å². The Morgan fingerprint density at radius 1 is 1.38 bits per heavy atom. The minimum atomic E-state index is -0.107. The molecule has 7 heteroatoms. The summed E-state index contributed by atoms with van der Waals surface area (Å²) in [6, 6.07) is 7.39. The molecule has 0 aliphatic carbocycles. The summed E-state index contributed by atoms with van der Waals surface area (Å²) in [4.78, 5) is 24.2. The van der Waals surface area contributed by atoms with Crippen LogP contribution in [0, 0.1) is 0 Å². The monoisotopic (exact) mass is 343 g/mol. The second kappa shape index (κ2) is 6.70. The fourth-order valence-electron chi connectivity index (χ4n) is 2.84. The number of amides is 1. The van der Waals surface area contributed by atoms with Crippen LogP contribution in [-0.2, 0) is 11.3 Å². The Balaban J connectivity index is 1.59. The molecule has 6 nitrogen and oxygen atoms in total. The van der Waals surface area contributed by atoms with E-state index in [9.17, 15) is 4.79 Å². The zero-order valence-electron chi connectivity index (χ0n) is 13.1. The van der Waals surface area contributed by atoms with Crippen molar-refractivity contribution in [3.63, 3.8) is 0 Å². The Morgan fingerprint density at radius 3 is 3.08 bits per heavy atom. The summed E-state index contributed by atoms with van der Waals surface area (Å²) in [5, 5.41) is 0.452. The molecule has 0 aromatic carbocycles. The highest BCUT2D eigenvalue weighted by Gasteiger charge is 2.26. The summed E-state index contributed by atoms with van der Waals surface area (Å²) in [5.41, 5.74) is 0.751. The number of carbonyl (C=O) groups is 1. The molecule has 1 aliphatic rings. The van der Waals surface area contributed by atoms with Gasteiger partial charge in [-0.2, -0.15) is 0 Å². The predicted octanol–water partition coefficient (Wildman–Crippen LogP) is 3.11. The number of ether oxygens (including phenoxy) is 1. The van der Waals surface area contributed by atoms with Gasteiger partial charge in [0.25, 0.3) is 5.91 Å². The fraction of sp³-hybridized carbons (Fsp3) is 0.353. The van der Waals surface area contributed by atoms with Gasteiger partial charge < -0.3 is 14.1 Å². The molecule has 124 valence electrons. The van der Waals surface area contributed by atoms with E-state index in [0.29, 0.717) is 18.1 Å². The van der Waals surface area contributed by atoms with Crippen LogP contribution in [0.1, 0.15) is 28.4 Å². The van der Waals surface area contributed by atoms with Crippen LogP contribution in [0.4, 0.5) is 0 Å². The molecule has 0 bridgehead atoms. The van der Waals surface area contributed by atoms with Crippen LogP contribution >= 0.6 is 11.3 Å². The smallest absolute Gasteiger partial charge is 0.283 e. The normalized spacial score (nSPS) is 17.4. The lowest BCUT2D eigenvalue weighted by Gasteiger charge is -2.23. The van der Waals surface area contributed by atoms with Crippen LogP contribution in [0.5, 0.6) is 0 Å². The van der Waals surface area contributed by atoms with Crippen molar-refractivity contribution in [3.05, 3.63) is 47.5 Å². The van der Waals surface area contributed by atoms with Crippen molar-refractivity contribution in [2.24, 2.45) is 0 Å². The molecular formula is C17H17N3O3S. The Morgan fingerprint density at radius 2 is 2.33 bits per heavy atom. The van der Waals surface area contributed by atoms with Gasteiger partial charge in [0.05, 0.1) is 18.9 Å². The van der Waals surface area contributed by atoms with Crippen LogP contribution in [-0.4, -0.2) is 40.0 Å². The molecule has 4 heterocycles. The minimum absolute atomic E-state index is 0.0800. The van der Waals surface area contributed by atoms with Gasteiger partial charge in [-0.3, -0.25) is 4.79 Å². The quantitative estimate of drug-likeness (QED) is 0.712. The number of furan rings is 1. The van der Waals surface area contributed by atoms with Gasteiger partial charge >= 0.3 is 0 Å². The molecule has 1 amide bonds. The number of hydrogen-bond donors (Lipinski definition) is 0. The van der Waals surface area contributed by atoms with Crippen LogP contribution < -0.4 is 0 Å². The van der Waals surface area contributed by atoms with E-state index in [0.717, 1.165) is 35.6 Å². The van der Waals surface area contributed by atoms with Crippen LogP contribution in [0.3, 0.4) is 0 Å². The third kappa shape index (κ3) is 3.18. The maximum absolute atomic E-state index is 13.0. The second-order valence-electron chi connectivity index (χ2n) is 5.75. The van der Waals surface area contributed by atoms with Gasteiger partial charge in [0, 0.05) is 19.3 Å². The van der Waals surface area contributed by atoms with E-state index < -0.39 is 0 Å². The molecule has 24 heavy (non-hydrogen) atoms. The van der Waals surface area contributed by atoms with Crippen molar-refractivity contribution in [3.8, 4) is 0 Å². The highest BCUT2D eigenvalue weighted by molar-refractivity contribution is 7.19. The zero-order valence-corrected chi connectivity index (χ0v) is 13.9. The highest BCUT2D eigenvalue weighted by atomic mass is 32.1. The number of rotatable bonds is 5. The average molecular weight is 343 g/mol. The molecule has 1 saturated heterocycles. The van der Waals surface area contributed by atoms with E-state index in [-0.39, 0.29) is 12.0 Å². The zero-order chi connectivity index (χ0) is 16.4. The highest BCUT2D eigenvalue weighted by Crippen LogP contribution is 2.23. The van der Waals surface area contributed by atoms with Gasteiger partial charge in [-0.25, -0.2) is 9.97 Å². The predicted molar refractivity (Wildman–Crippen MR) is 89.8 cm³/mol. The molecule has 3 aromatic rings. The molecule has 4 rings (SSSR count). The number of hydrogen-bond acceptors (Lipinski definition) is 6. The lowest BCUT2D eigenvalue weighted by Crippen LogP contribution is -2.36. The van der Waals surface area contributed by atoms with E-state index in [1.54, 1.807) is 17.4 Å². The third-order valence-electron chi connectivity index (χ3n) is 4.01. The molecule has 0 N–H and O–H groups in total. The lowest BCUT2D eigenvalue weighted by atomic mass is 10.2. The minimum Gasteiger partial charge on any atom is -0.467 e. The van der Waals surface area contributed by atoms with Crippen molar-refractivity contribution < 1.29 is 13.9 Å². The van der Waals surface area contributed by atoms with E-state index in [4.69, 9.17) is 9.15 Å². The SMILES string of the molecule is O=C(c1nc2cccnc2s1)N(Cc1ccco1)C[C@H]1CCCO1. The summed E-state index contributed by atoms with van der Waals surface area (Å²) in [5.74, 6) is 0.644. The van der Waals surface area contributed by atoms with Crippen LogP contribution in [0.2, 0.25) is 0 Å². The molecule has 0 spiro atoms. The summed E-state index contributed by atoms with van der Waals surface area (Å²) in [6.45, 7) is 1.72. The third-order valence-corrected chi connectivity index (χ3v) is 4.98. The Kier molecular flexibility index (Phi) is 4.27. The summed E-state index contributed by atoms with van der Waals surface area (Å²) < 4.78 is 11.1. The van der Waals surface area contributed by atoms with Gasteiger partial charge in [-0.15, -0.1) is 0 Å². The fourth-order valence-corrected chi connectivity index (χ4v) is 3.72. The molecule has 0 unspecified atom stereocenters. The Bertz CT molecular complexity index is 792. The number of thiazole rings is 1. The van der Waals surface area contributed by atoms with Crippen molar-refractivity contribution in [1.82, 2.24) is 14.9 Å². The number of fused-ring (bicyclic) bond motifs is 1. The van der Waals surface area contributed by atoms with Gasteiger partial charge in [0.15, 0.2) is 5.01 Å². The first-order chi connectivity index (χ1) is 11.8. The molecule has 0 saturated carbocycles. The van der Waals surface area contributed by atoms with E-state index in [1.807, 2.05) is 24.3 Å². The van der Waals surface area contributed by atoms with Crippen molar-refractivity contribution in [2.45, 2.75) is 25.5 Å². The first kappa shape index (κ1) is 15.3. The number of pyridine rings is 1. The topological polar surface area (TPSA) is 68.5 Å². The maximum Gasteiger partial charge on any atom is 0.283 e. The van der Waals surface area contributed by atoms with Gasteiger partial charge in [-0.1, -0.05) is 11.3 Å². The number of carbonyl (C=O) groups excluding carboxylic acids is 1. The largest absolute Gasteiger partial charge is 0.467 e. The molecule has 3 aromatic heterocycles. The molecule has 0 radical (unpaired) electrons. The van der Waals surface area contributed by atoms with Gasteiger partial charge in [0.2, 0.25) is 0 Å². The number of nitrogens with zero attached hydrogens (tertiary/aromatic N) is 3. The van der Waals surface area contributed by atoms with Crippen LogP contribution in [0.25, 0.3) is 10.3 Å². The standard InChI is InChI=1S/C17H17N3O3S/c21-17(16-19-14-6-1-7-18-15(14)24-16)20(10-12-4-2-8-22-12)11-13-5-3-9-23-13/h1-2,4,6-8,13H,3,5,9-11H2/t13-/m1/s1. The molecule has 1 atom stereocenters. The molecule has 1 fully saturated rings. The average Bonchev–Trinajstić information content (AvgIpc) is 3.34. The van der Waals surface area contributed by atoms with Crippen molar-refractivity contribution in [2.75, 3.05) is 13.2 Å². The van der Waals surface area contributed by atoms with E-state index in [2.05, 4.69) is 9.97 Å². The van der Waals surface area contributed by atoms with E-state index in [1.165, 1.54) is 11.3 Å². The first-order valence-electron chi connectivity index (χ1n) is 7.94. The Labute approximate surface area is 143 Å². The maximum atomic E-state index is 13.0. The van der Waals surface area contributed by atoms with Gasteiger partial charge in [-0.05, 0) is 37.1 Å². The Hall–Kier alpha value is -2.25. The first-order valence-corrected chi connectivity index (χ1v) is 8.76. The second-order valence-corrected chi connectivity index (χ2v) is 6.72.